The van der Waals surface area contributed by atoms with Gasteiger partial charge in [0.1, 0.15) is 0 Å². The van der Waals surface area contributed by atoms with Gasteiger partial charge >= 0.3 is 0 Å². The number of ether oxygens (including phenoxy) is 1. The maximum absolute atomic E-state index is 12.3. The summed E-state index contributed by atoms with van der Waals surface area (Å²) in [6.45, 7) is 2.61. The van der Waals surface area contributed by atoms with Crippen molar-refractivity contribution < 1.29 is 9.53 Å². The lowest BCUT2D eigenvalue weighted by Crippen LogP contribution is -2.41. The molecule has 1 saturated carbocycles. The first kappa shape index (κ1) is 15.6. The largest absolute Gasteiger partial charge is 0.378 e. The number of thioether (sulfide) groups is 1. The molecule has 126 valence electrons. The second kappa shape index (κ2) is 6.90. The van der Waals surface area contributed by atoms with Crippen molar-refractivity contribution >= 4 is 17.7 Å². The fourth-order valence-corrected chi connectivity index (χ4v) is 3.67. The summed E-state index contributed by atoms with van der Waals surface area (Å²) in [4.78, 5) is 18.2. The molecular formula is C16H19N5O2S. The molecule has 1 aliphatic heterocycles. The SMILES string of the molecule is O=C(CSc1nnc(-c2ccncc2)n1C1CC1)N1CCOCC1. The van der Waals surface area contributed by atoms with E-state index in [2.05, 4.69) is 19.7 Å². The van der Waals surface area contributed by atoms with Gasteiger partial charge in [-0.05, 0) is 25.0 Å². The molecule has 1 aliphatic carbocycles. The van der Waals surface area contributed by atoms with Crippen LogP contribution in [0.2, 0.25) is 0 Å². The number of amides is 1. The molecule has 2 fully saturated rings. The summed E-state index contributed by atoms with van der Waals surface area (Å²) in [5.74, 6) is 1.39. The van der Waals surface area contributed by atoms with Gasteiger partial charge in [0.2, 0.25) is 5.91 Å². The molecule has 0 bridgehead atoms. The molecule has 2 aliphatic rings. The zero-order valence-corrected chi connectivity index (χ0v) is 14.1. The number of aromatic nitrogens is 4. The van der Waals surface area contributed by atoms with Gasteiger partial charge in [-0.2, -0.15) is 0 Å². The molecule has 1 saturated heterocycles. The summed E-state index contributed by atoms with van der Waals surface area (Å²) in [6, 6.07) is 4.33. The Bertz CT molecular complexity index is 711. The Morgan fingerprint density at radius 2 is 1.96 bits per heavy atom. The van der Waals surface area contributed by atoms with Crippen LogP contribution in [0.25, 0.3) is 11.4 Å². The van der Waals surface area contributed by atoms with E-state index in [1.807, 2.05) is 17.0 Å². The zero-order valence-electron chi connectivity index (χ0n) is 13.3. The van der Waals surface area contributed by atoms with Gasteiger partial charge in [-0.15, -0.1) is 10.2 Å². The Morgan fingerprint density at radius 3 is 2.67 bits per heavy atom. The van der Waals surface area contributed by atoms with Gasteiger partial charge in [-0.1, -0.05) is 11.8 Å². The number of hydrogen-bond acceptors (Lipinski definition) is 6. The van der Waals surface area contributed by atoms with Crippen LogP contribution in [0.15, 0.2) is 29.7 Å². The Kier molecular flexibility index (Phi) is 4.48. The Labute approximate surface area is 144 Å². The third-order valence-corrected chi connectivity index (χ3v) is 5.13. The van der Waals surface area contributed by atoms with Crippen molar-refractivity contribution in [2.45, 2.75) is 24.0 Å². The van der Waals surface area contributed by atoms with E-state index in [-0.39, 0.29) is 5.91 Å². The first-order valence-electron chi connectivity index (χ1n) is 8.16. The normalized spacial score (nSPS) is 17.9. The number of rotatable bonds is 5. The lowest BCUT2D eigenvalue weighted by atomic mass is 10.2. The first-order chi connectivity index (χ1) is 11.8. The van der Waals surface area contributed by atoms with Crippen LogP contribution in [0.3, 0.4) is 0 Å². The van der Waals surface area contributed by atoms with Crippen LogP contribution in [0.4, 0.5) is 0 Å². The fraction of sp³-hybridized carbons (Fsp3) is 0.500. The third kappa shape index (κ3) is 3.29. The number of nitrogens with zero attached hydrogens (tertiary/aromatic N) is 5. The average molecular weight is 345 g/mol. The third-order valence-electron chi connectivity index (χ3n) is 4.20. The lowest BCUT2D eigenvalue weighted by molar-refractivity contribution is -0.132. The Hall–Kier alpha value is -1.93. The highest BCUT2D eigenvalue weighted by atomic mass is 32.2. The predicted octanol–water partition coefficient (Wildman–Crippen LogP) is 1.63. The van der Waals surface area contributed by atoms with Gasteiger partial charge in [0.15, 0.2) is 11.0 Å². The second-order valence-electron chi connectivity index (χ2n) is 5.93. The smallest absolute Gasteiger partial charge is 0.233 e. The second-order valence-corrected chi connectivity index (χ2v) is 6.87. The Balaban J connectivity index is 1.49. The molecule has 7 nitrogen and oxygen atoms in total. The van der Waals surface area contributed by atoms with Crippen molar-refractivity contribution in [1.82, 2.24) is 24.6 Å². The van der Waals surface area contributed by atoms with Crippen LogP contribution < -0.4 is 0 Å². The lowest BCUT2D eigenvalue weighted by Gasteiger charge is -2.26. The molecule has 4 rings (SSSR count). The van der Waals surface area contributed by atoms with Crippen LogP contribution in [0, 0.1) is 0 Å². The summed E-state index contributed by atoms with van der Waals surface area (Å²) in [5, 5.41) is 9.51. The van der Waals surface area contributed by atoms with Crippen LogP contribution in [0.5, 0.6) is 0 Å². The predicted molar refractivity (Wildman–Crippen MR) is 89.6 cm³/mol. The van der Waals surface area contributed by atoms with Crippen LogP contribution in [-0.4, -0.2) is 62.6 Å². The summed E-state index contributed by atoms with van der Waals surface area (Å²) >= 11 is 1.47. The summed E-state index contributed by atoms with van der Waals surface area (Å²) < 4.78 is 7.46. The number of pyridine rings is 1. The average Bonchev–Trinajstić information content (AvgIpc) is 3.40. The van der Waals surface area contributed by atoms with E-state index >= 15 is 0 Å². The molecule has 0 aromatic carbocycles. The van der Waals surface area contributed by atoms with Crippen LogP contribution in [-0.2, 0) is 9.53 Å². The molecule has 0 N–H and O–H groups in total. The minimum Gasteiger partial charge on any atom is -0.378 e. The molecule has 3 heterocycles. The maximum atomic E-state index is 12.3. The number of carbonyl (C=O) groups excluding carboxylic acids is 1. The summed E-state index contributed by atoms with van der Waals surface area (Å²) in [6.07, 6.45) is 5.80. The molecule has 0 spiro atoms. The Morgan fingerprint density at radius 1 is 1.21 bits per heavy atom. The topological polar surface area (TPSA) is 73.1 Å². The quantitative estimate of drug-likeness (QED) is 0.767. The van der Waals surface area contributed by atoms with Gasteiger partial charge in [0.05, 0.1) is 19.0 Å². The van der Waals surface area contributed by atoms with Gasteiger partial charge in [0.25, 0.3) is 0 Å². The van der Waals surface area contributed by atoms with E-state index in [4.69, 9.17) is 4.74 Å². The van der Waals surface area contributed by atoms with Crippen molar-refractivity contribution in [2.75, 3.05) is 32.1 Å². The molecule has 24 heavy (non-hydrogen) atoms. The highest BCUT2D eigenvalue weighted by Crippen LogP contribution is 2.40. The number of hydrogen-bond donors (Lipinski definition) is 0. The zero-order chi connectivity index (χ0) is 16.4. The molecule has 0 unspecified atom stereocenters. The standard InChI is InChI=1S/C16H19N5O2S/c22-14(20-7-9-23-10-8-20)11-24-16-19-18-15(21(16)13-1-2-13)12-3-5-17-6-4-12/h3-6,13H,1-2,7-11H2. The molecule has 1 amide bonds. The monoisotopic (exact) mass is 345 g/mol. The minimum absolute atomic E-state index is 0.138. The van der Waals surface area contributed by atoms with E-state index < -0.39 is 0 Å². The number of carbonyl (C=O) groups is 1. The van der Waals surface area contributed by atoms with Crippen molar-refractivity contribution in [3.05, 3.63) is 24.5 Å². The van der Waals surface area contributed by atoms with E-state index in [1.165, 1.54) is 11.8 Å². The van der Waals surface area contributed by atoms with Crippen molar-refractivity contribution in [1.29, 1.82) is 0 Å². The molecule has 2 aromatic rings. The highest BCUT2D eigenvalue weighted by molar-refractivity contribution is 7.99. The van der Waals surface area contributed by atoms with Gasteiger partial charge in [-0.3, -0.25) is 14.3 Å². The van der Waals surface area contributed by atoms with E-state index in [0.717, 1.165) is 29.4 Å². The fourth-order valence-electron chi connectivity index (χ4n) is 2.77. The van der Waals surface area contributed by atoms with E-state index in [9.17, 15) is 4.79 Å². The molecule has 0 radical (unpaired) electrons. The van der Waals surface area contributed by atoms with Crippen molar-refractivity contribution in [3.63, 3.8) is 0 Å². The van der Waals surface area contributed by atoms with Crippen LogP contribution >= 0.6 is 11.8 Å². The highest BCUT2D eigenvalue weighted by Gasteiger charge is 2.30. The first-order valence-corrected chi connectivity index (χ1v) is 9.15. The summed E-state index contributed by atoms with van der Waals surface area (Å²) in [7, 11) is 0. The molecule has 2 aromatic heterocycles. The van der Waals surface area contributed by atoms with E-state index in [0.29, 0.717) is 38.1 Å². The van der Waals surface area contributed by atoms with Gasteiger partial charge in [0, 0.05) is 37.1 Å². The molecule has 8 heteroatoms. The summed E-state index contributed by atoms with van der Waals surface area (Å²) in [5.41, 5.74) is 1.01. The van der Waals surface area contributed by atoms with E-state index in [1.54, 1.807) is 12.4 Å². The molecule has 0 atom stereocenters. The van der Waals surface area contributed by atoms with Crippen LogP contribution in [0.1, 0.15) is 18.9 Å². The number of morpholine rings is 1. The van der Waals surface area contributed by atoms with Gasteiger partial charge in [-0.25, -0.2) is 0 Å². The molecular weight excluding hydrogens is 326 g/mol. The van der Waals surface area contributed by atoms with Crippen molar-refractivity contribution in [3.8, 4) is 11.4 Å². The maximum Gasteiger partial charge on any atom is 0.233 e. The van der Waals surface area contributed by atoms with Gasteiger partial charge < -0.3 is 9.64 Å². The minimum atomic E-state index is 0.138. The van der Waals surface area contributed by atoms with Crippen molar-refractivity contribution in [2.24, 2.45) is 0 Å².